The predicted octanol–water partition coefficient (Wildman–Crippen LogP) is 2.29. The van der Waals surface area contributed by atoms with Crippen LogP contribution in [0, 0.1) is 0 Å². The lowest BCUT2D eigenvalue weighted by atomic mass is 9.88. The van der Waals surface area contributed by atoms with Gasteiger partial charge in [-0.05, 0) is 49.8 Å². The van der Waals surface area contributed by atoms with E-state index < -0.39 is 0 Å². The molecule has 3 aliphatic rings. The molecule has 2 N–H and O–H groups in total. The highest BCUT2D eigenvalue weighted by molar-refractivity contribution is 5.86. The summed E-state index contributed by atoms with van der Waals surface area (Å²) in [7, 11) is 0. The number of ether oxygens (including phenoxy) is 2. The van der Waals surface area contributed by atoms with Crippen LogP contribution >= 0.6 is 0 Å². The van der Waals surface area contributed by atoms with Crippen LogP contribution < -0.4 is 15.8 Å². The Hall–Kier alpha value is -1.80. The zero-order chi connectivity index (χ0) is 18.9. The van der Waals surface area contributed by atoms with E-state index in [-0.39, 0.29) is 6.04 Å². The van der Waals surface area contributed by atoms with Crippen molar-refractivity contribution in [3.8, 4) is 0 Å². The smallest absolute Gasteiger partial charge is 0.130 e. The third kappa shape index (κ3) is 3.37. The molecule has 0 bridgehead atoms. The number of nitrogens with zero attached hydrogens (tertiary/aromatic N) is 3. The van der Waals surface area contributed by atoms with Gasteiger partial charge >= 0.3 is 0 Å². The Morgan fingerprint density at radius 2 is 2.04 bits per heavy atom. The van der Waals surface area contributed by atoms with Crippen molar-refractivity contribution in [3.63, 3.8) is 0 Å². The first-order valence-corrected chi connectivity index (χ1v) is 10.5. The highest BCUT2D eigenvalue weighted by Crippen LogP contribution is 2.37. The van der Waals surface area contributed by atoms with E-state index in [4.69, 9.17) is 19.4 Å². The van der Waals surface area contributed by atoms with E-state index in [0.29, 0.717) is 12.0 Å². The van der Waals surface area contributed by atoms with Gasteiger partial charge in [0.15, 0.2) is 0 Å². The van der Waals surface area contributed by atoms with Gasteiger partial charge in [-0.15, -0.1) is 0 Å². The molecule has 1 unspecified atom stereocenters. The van der Waals surface area contributed by atoms with Crippen LogP contribution in [-0.4, -0.2) is 55.5 Å². The highest BCUT2D eigenvalue weighted by Gasteiger charge is 2.27. The van der Waals surface area contributed by atoms with Crippen molar-refractivity contribution in [2.24, 2.45) is 0 Å². The Kier molecular flexibility index (Phi) is 5.15. The number of anilines is 1. The van der Waals surface area contributed by atoms with Gasteiger partial charge in [0, 0.05) is 37.9 Å². The number of pyridine rings is 2. The van der Waals surface area contributed by atoms with Gasteiger partial charge in [0.25, 0.3) is 0 Å². The van der Waals surface area contributed by atoms with Crippen LogP contribution in [0.5, 0.6) is 0 Å². The van der Waals surface area contributed by atoms with Crippen molar-refractivity contribution in [1.29, 1.82) is 0 Å². The highest BCUT2D eigenvalue weighted by atomic mass is 16.5. The maximum absolute atomic E-state index is 5.66. The third-order valence-corrected chi connectivity index (χ3v) is 6.26. The van der Waals surface area contributed by atoms with Crippen molar-refractivity contribution < 1.29 is 9.47 Å². The average Bonchev–Trinajstić information content (AvgIpc) is 3.28. The minimum Gasteiger partial charge on any atom is -0.381 e. The van der Waals surface area contributed by atoms with E-state index in [2.05, 4.69) is 34.8 Å². The molecule has 2 aromatic heterocycles. The number of rotatable bonds is 3. The van der Waals surface area contributed by atoms with Gasteiger partial charge in [0.1, 0.15) is 5.82 Å². The summed E-state index contributed by atoms with van der Waals surface area (Å²) in [5.41, 5.74) is 10.1. The van der Waals surface area contributed by atoms with Crippen molar-refractivity contribution in [1.82, 2.24) is 20.8 Å². The molecule has 3 aliphatic heterocycles. The third-order valence-electron chi connectivity index (χ3n) is 6.26. The Balaban J connectivity index is 1.65. The van der Waals surface area contributed by atoms with Gasteiger partial charge in [-0.1, -0.05) is 0 Å². The average molecular weight is 383 g/mol. The maximum Gasteiger partial charge on any atom is 0.130 e. The minimum absolute atomic E-state index is 0.205. The number of hydrazine groups is 1. The number of nitrogens with one attached hydrogen (secondary N) is 2. The van der Waals surface area contributed by atoms with Crippen molar-refractivity contribution >= 4 is 16.7 Å². The van der Waals surface area contributed by atoms with Crippen molar-refractivity contribution in [3.05, 3.63) is 29.6 Å². The molecule has 0 saturated carbocycles. The fourth-order valence-electron chi connectivity index (χ4n) is 4.69. The van der Waals surface area contributed by atoms with Crippen LogP contribution in [0.1, 0.15) is 49.4 Å². The van der Waals surface area contributed by atoms with E-state index >= 15 is 0 Å². The van der Waals surface area contributed by atoms with Crippen LogP contribution in [0.4, 0.5) is 5.82 Å². The largest absolute Gasteiger partial charge is 0.381 e. The van der Waals surface area contributed by atoms with Crippen LogP contribution in [0.25, 0.3) is 10.9 Å². The zero-order valence-corrected chi connectivity index (χ0v) is 16.5. The number of fused-ring (bicyclic) bond motifs is 1. The molecule has 0 aliphatic carbocycles. The minimum atomic E-state index is 0.205. The molecule has 0 aromatic carbocycles. The molecule has 5 rings (SSSR count). The first kappa shape index (κ1) is 18.2. The van der Waals surface area contributed by atoms with Crippen molar-refractivity contribution in [2.45, 2.75) is 44.2 Å². The molecule has 28 heavy (non-hydrogen) atoms. The van der Waals surface area contributed by atoms with E-state index in [1.807, 2.05) is 6.20 Å². The topological polar surface area (TPSA) is 71.5 Å². The van der Waals surface area contributed by atoms with E-state index in [1.165, 1.54) is 10.9 Å². The molecule has 3 saturated heterocycles. The molecular weight excluding hydrogens is 354 g/mol. The molecule has 0 spiro atoms. The second-order valence-electron chi connectivity index (χ2n) is 8.08. The number of aromatic nitrogens is 2. The monoisotopic (exact) mass is 383 g/mol. The standard InChI is InChI=1S/C21H29N5O2/c1-14-13-28-11-8-26(14)19-12-17(15-4-9-27-10-5-15)16-2-6-22-21(20(16)24-19)18-3-7-23-25-18/h2,6,12,14-15,18,23,25H,3-5,7-11,13H2,1H3/t14-,18?/m1/s1. The molecule has 7 nitrogen and oxygen atoms in total. The first-order chi connectivity index (χ1) is 13.8. The zero-order valence-electron chi connectivity index (χ0n) is 16.5. The normalized spacial score (nSPS) is 26.8. The molecule has 3 fully saturated rings. The molecular formula is C21H29N5O2. The number of hydrogen-bond acceptors (Lipinski definition) is 7. The SMILES string of the molecule is C[C@@H]1COCCN1c1cc(C2CCOCC2)c2ccnc(C3CCNN3)c2n1. The van der Waals surface area contributed by atoms with Gasteiger partial charge in [-0.2, -0.15) is 0 Å². The lowest BCUT2D eigenvalue weighted by Gasteiger charge is -2.35. The number of morpholine rings is 1. The molecule has 7 heteroatoms. The molecule has 5 heterocycles. The van der Waals surface area contributed by atoms with E-state index in [1.54, 1.807) is 0 Å². The quantitative estimate of drug-likeness (QED) is 0.843. The predicted molar refractivity (Wildman–Crippen MR) is 108 cm³/mol. The molecule has 2 atom stereocenters. The van der Waals surface area contributed by atoms with Crippen LogP contribution in [-0.2, 0) is 9.47 Å². The summed E-state index contributed by atoms with van der Waals surface area (Å²) < 4.78 is 11.3. The van der Waals surface area contributed by atoms with Gasteiger partial charge in [-0.25, -0.2) is 10.4 Å². The van der Waals surface area contributed by atoms with Crippen LogP contribution in [0.15, 0.2) is 18.3 Å². The Labute approximate surface area is 165 Å². The second kappa shape index (κ2) is 7.91. The molecule has 150 valence electrons. The van der Waals surface area contributed by atoms with Gasteiger partial charge in [-0.3, -0.25) is 10.4 Å². The Morgan fingerprint density at radius 3 is 2.82 bits per heavy atom. The summed E-state index contributed by atoms with van der Waals surface area (Å²) >= 11 is 0. The van der Waals surface area contributed by atoms with Gasteiger partial charge in [0.2, 0.25) is 0 Å². The van der Waals surface area contributed by atoms with Crippen molar-refractivity contribution in [2.75, 3.05) is 44.4 Å². The van der Waals surface area contributed by atoms with E-state index in [9.17, 15) is 0 Å². The fourth-order valence-corrected chi connectivity index (χ4v) is 4.69. The lowest BCUT2D eigenvalue weighted by Crippen LogP contribution is -2.44. The Bertz CT molecular complexity index is 833. The van der Waals surface area contributed by atoms with Gasteiger partial charge < -0.3 is 14.4 Å². The van der Waals surface area contributed by atoms with Crippen LogP contribution in [0.3, 0.4) is 0 Å². The summed E-state index contributed by atoms with van der Waals surface area (Å²) in [5, 5.41) is 1.25. The second-order valence-corrected chi connectivity index (χ2v) is 8.08. The summed E-state index contributed by atoms with van der Waals surface area (Å²) in [6, 6.07) is 5.00. The maximum atomic E-state index is 5.66. The summed E-state index contributed by atoms with van der Waals surface area (Å²) in [5.74, 6) is 1.57. The lowest BCUT2D eigenvalue weighted by molar-refractivity contribution is 0.0855. The fraction of sp³-hybridized carbons (Fsp3) is 0.619. The van der Waals surface area contributed by atoms with Crippen LogP contribution in [0.2, 0.25) is 0 Å². The summed E-state index contributed by atoms with van der Waals surface area (Å²) in [6.07, 6.45) is 5.11. The van der Waals surface area contributed by atoms with Gasteiger partial charge in [0.05, 0.1) is 36.5 Å². The summed E-state index contributed by atoms with van der Waals surface area (Å²) in [4.78, 5) is 12.3. The molecule has 2 aromatic rings. The molecule has 0 amide bonds. The first-order valence-electron chi connectivity index (χ1n) is 10.5. The summed E-state index contributed by atoms with van der Waals surface area (Å²) in [6.45, 7) is 7.23. The Morgan fingerprint density at radius 1 is 1.14 bits per heavy atom. The number of hydrogen-bond donors (Lipinski definition) is 2. The molecule has 0 radical (unpaired) electrons. The van der Waals surface area contributed by atoms with E-state index in [0.717, 1.165) is 75.8 Å².